The molecule has 5 nitrogen and oxygen atoms in total. The van der Waals surface area contributed by atoms with E-state index in [0.717, 1.165) is 18.3 Å². The van der Waals surface area contributed by atoms with Gasteiger partial charge in [-0.15, -0.1) is 0 Å². The van der Waals surface area contributed by atoms with Crippen molar-refractivity contribution in [2.45, 2.75) is 31.4 Å². The van der Waals surface area contributed by atoms with Crippen LogP contribution in [0.15, 0.2) is 54.7 Å². The number of aromatic nitrogens is 1. The van der Waals surface area contributed by atoms with Gasteiger partial charge in [-0.25, -0.2) is 18.0 Å². The van der Waals surface area contributed by atoms with Crippen molar-refractivity contribution in [3.05, 3.63) is 82.4 Å². The minimum atomic E-state index is -4.41. The summed E-state index contributed by atoms with van der Waals surface area (Å²) in [5.74, 6) is -6.48. The Bertz CT molecular complexity index is 1350. The number of carbonyl (C=O) groups is 2. The van der Waals surface area contributed by atoms with Crippen molar-refractivity contribution in [1.82, 2.24) is 4.98 Å². The Hall–Kier alpha value is -3.60. The van der Waals surface area contributed by atoms with Crippen LogP contribution < -0.4 is 5.32 Å². The minimum absolute atomic E-state index is 0.0285. The maximum Gasteiger partial charge on any atom is 0.392 e. The molecule has 12 heteroatoms. The molecule has 3 atom stereocenters. The van der Waals surface area contributed by atoms with E-state index in [1.807, 2.05) is 0 Å². The fourth-order valence-electron chi connectivity index (χ4n) is 4.30. The smallest absolute Gasteiger partial charge is 0.392 e. The van der Waals surface area contributed by atoms with Crippen molar-refractivity contribution in [2.24, 2.45) is 11.8 Å². The number of halogens is 7. The molecular formula is C26H19ClF6N2O3. The fraction of sp³-hybridized carbons (Fsp3) is 0.269. The van der Waals surface area contributed by atoms with Crippen LogP contribution >= 0.6 is 11.6 Å². The number of nitrogens with one attached hydrogen (secondary N) is 1. The van der Waals surface area contributed by atoms with Gasteiger partial charge < -0.3 is 10.4 Å². The molecule has 0 spiro atoms. The Morgan fingerprint density at radius 1 is 1.08 bits per heavy atom. The molecule has 200 valence electrons. The van der Waals surface area contributed by atoms with Crippen LogP contribution in [-0.2, 0) is 4.79 Å². The predicted octanol–water partition coefficient (Wildman–Crippen LogP) is 7.49. The van der Waals surface area contributed by atoms with Gasteiger partial charge in [0.05, 0.1) is 28.1 Å². The molecule has 1 heterocycles. The summed E-state index contributed by atoms with van der Waals surface area (Å²) < 4.78 is 81.0. The topological polar surface area (TPSA) is 79.3 Å². The number of carboxylic acid groups (broad SMARTS) is 1. The van der Waals surface area contributed by atoms with Crippen LogP contribution in [0.3, 0.4) is 0 Å². The highest BCUT2D eigenvalue weighted by Gasteiger charge is 2.56. The number of anilines is 1. The molecule has 2 N–H and O–H groups in total. The van der Waals surface area contributed by atoms with E-state index in [-0.39, 0.29) is 40.4 Å². The molecule has 1 fully saturated rings. The highest BCUT2D eigenvalue weighted by molar-refractivity contribution is 6.31. The van der Waals surface area contributed by atoms with Crippen LogP contribution in [0.5, 0.6) is 0 Å². The van der Waals surface area contributed by atoms with Gasteiger partial charge in [0, 0.05) is 28.6 Å². The Balaban J connectivity index is 1.63. The largest absolute Gasteiger partial charge is 0.478 e. The summed E-state index contributed by atoms with van der Waals surface area (Å²) in [7, 11) is 0. The molecule has 3 unspecified atom stereocenters. The number of rotatable bonds is 8. The molecule has 1 aliphatic carbocycles. The average Bonchev–Trinajstić information content (AvgIpc) is 3.65. The normalized spacial score (nSPS) is 17.8. The first-order chi connectivity index (χ1) is 17.9. The van der Waals surface area contributed by atoms with Crippen LogP contribution in [0.4, 0.5) is 32.0 Å². The SMILES string of the molecule is O=C(O)c1ccc(NC(=O)C(CC2CC2C(F)(F)F)c2ccc(-c3c(C(F)F)ccc(Cl)c3F)cn2)cc1. The molecule has 0 aliphatic heterocycles. The Morgan fingerprint density at radius 3 is 2.29 bits per heavy atom. The number of hydrogen-bond donors (Lipinski definition) is 2. The van der Waals surface area contributed by atoms with Gasteiger partial charge in [-0.2, -0.15) is 13.2 Å². The third kappa shape index (κ3) is 5.93. The number of alkyl halides is 5. The predicted molar refractivity (Wildman–Crippen MR) is 127 cm³/mol. The van der Waals surface area contributed by atoms with Crippen molar-refractivity contribution in [1.29, 1.82) is 0 Å². The lowest BCUT2D eigenvalue weighted by Crippen LogP contribution is -2.23. The van der Waals surface area contributed by atoms with Gasteiger partial charge in [0.2, 0.25) is 5.91 Å². The van der Waals surface area contributed by atoms with E-state index < -0.39 is 59.2 Å². The van der Waals surface area contributed by atoms with E-state index in [9.17, 15) is 35.9 Å². The molecule has 0 bridgehead atoms. The molecule has 38 heavy (non-hydrogen) atoms. The first-order valence-electron chi connectivity index (χ1n) is 11.3. The second-order valence-corrected chi connectivity index (χ2v) is 9.31. The maximum absolute atomic E-state index is 14.7. The van der Waals surface area contributed by atoms with Crippen LogP contribution in [0.1, 0.15) is 46.8 Å². The van der Waals surface area contributed by atoms with Crippen molar-refractivity contribution in [2.75, 3.05) is 5.32 Å². The second kappa shape index (κ2) is 10.6. The van der Waals surface area contributed by atoms with Gasteiger partial charge >= 0.3 is 12.1 Å². The monoisotopic (exact) mass is 556 g/mol. The molecule has 1 aromatic heterocycles. The fourth-order valence-corrected chi connectivity index (χ4v) is 4.46. The number of nitrogens with zero attached hydrogens (tertiary/aromatic N) is 1. The third-order valence-electron chi connectivity index (χ3n) is 6.39. The van der Waals surface area contributed by atoms with Gasteiger partial charge in [0.25, 0.3) is 6.43 Å². The van der Waals surface area contributed by atoms with Crippen LogP contribution in [0.2, 0.25) is 5.02 Å². The van der Waals surface area contributed by atoms with Crippen LogP contribution in [-0.4, -0.2) is 28.1 Å². The standard InChI is InChI=1S/C26H19ClF6N2O3/c27-19-7-6-16(23(29)30)21(22(19)28)13-3-8-20(34-11-13)17(9-14-10-18(14)26(31,32)33)24(36)35-15-4-1-12(2-5-15)25(37)38/h1-8,11,14,17-18,23H,9-10H2,(H,35,36)(H,37,38). The van der Waals surface area contributed by atoms with E-state index in [4.69, 9.17) is 16.7 Å². The zero-order valence-corrected chi connectivity index (χ0v) is 20.0. The molecule has 0 saturated heterocycles. The summed E-state index contributed by atoms with van der Waals surface area (Å²) in [6.07, 6.45) is -6.71. The summed E-state index contributed by atoms with van der Waals surface area (Å²) in [6.45, 7) is 0. The van der Waals surface area contributed by atoms with Crippen molar-refractivity contribution in [3.8, 4) is 11.1 Å². The van der Waals surface area contributed by atoms with Crippen LogP contribution in [0.25, 0.3) is 11.1 Å². The van der Waals surface area contributed by atoms with Gasteiger partial charge in [-0.3, -0.25) is 9.78 Å². The van der Waals surface area contributed by atoms with E-state index in [2.05, 4.69) is 10.3 Å². The number of amides is 1. The molecule has 1 aliphatic rings. The molecule has 3 aromatic rings. The quantitative estimate of drug-likeness (QED) is 0.282. The van der Waals surface area contributed by atoms with Gasteiger partial charge in [-0.05, 0) is 55.2 Å². The molecule has 4 rings (SSSR count). The highest BCUT2D eigenvalue weighted by atomic mass is 35.5. The Kier molecular flexibility index (Phi) is 7.68. The number of pyridine rings is 1. The van der Waals surface area contributed by atoms with E-state index in [0.29, 0.717) is 0 Å². The number of benzene rings is 2. The number of aromatic carboxylic acids is 1. The number of carbonyl (C=O) groups excluding carboxylic acids is 1. The lowest BCUT2D eigenvalue weighted by atomic mass is 9.94. The molecule has 0 radical (unpaired) electrons. The lowest BCUT2D eigenvalue weighted by Gasteiger charge is -2.18. The zero-order chi connectivity index (χ0) is 27.8. The molecule has 2 aromatic carbocycles. The van der Waals surface area contributed by atoms with Crippen LogP contribution in [0, 0.1) is 17.7 Å². The Labute approximate surface area is 217 Å². The van der Waals surface area contributed by atoms with Gasteiger partial charge in [0.1, 0.15) is 5.82 Å². The van der Waals surface area contributed by atoms with E-state index in [1.54, 1.807) is 0 Å². The molecular weight excluding hydrogens is 538 g/mol. The van der Waals surface area contributed by atoms with E-state index >= 15 is 0 Å². The maximum atomic E-state index is 14.7. The first kappa shape index (κ1) is 27.4. The summed E-state index contributed by atoms with van der Waals surface area (Å²) in [4.78, 5) is 28.3. The number of carboxylic acids is 1. The zero-order valence-electron chi connectivity index (χ0n) is 19.3. The summed E-state index contributed by atoms with van der Waals surface area (Å²) in [5, 5.41) is 11.2. The highest BCUT2D eigenvalue weighted by Crippen LogP contribution is 2.53. The first-order valence-corrected chi connectivity index (χ1v) is 11.7. The van der Waals surface area contributed by atoms with Gasteiger partial charge in [-0.1, -0.05) is 23.7 Å². The summed E-state index contributed by atoms with van der Waals surface area (Å²) in [6, 6.07) is 9.67. The Morgan fingerprint density at radius 2 is 1.76 bits per heavy atom. The molecule has 1 saturated carbocycles. The van der Waals surface area contributed by atoms with Crippen molar-refractivity contribution in [3.63, 3.8) is 0 Å². The minimum Gasteiger partial charge on any atom is -0.478 e. The third-order valence-corrected chi connectivity index (χ3v) is 6.68. The van der Waals surface area contributed by atoms with Gasteiger partial charge in [0.15, 0.2) is 0 Å². The second-order valence-electron chi connectivity index (χ2n) is 8.90. The van der Waals surface area contributed by atoms with E-state index in [1.165, 1.54) is 36.4 Å². The lowest BCUT2D eigenvalue weighted by molar-refractivity contribution is -0.151. The summed E-state index contributed by atoms with van der Waals surface area (Å²) >= 11 is 5.76. The van der Waals surface area contributed by atoms with Crippen molar-refractivity contribution >= 4 is 29.2 Å². The number of hydrogen-bond acceptors (Lipinski definition) is 3. The van der Waals surface area contributed by atoms with Crippen molar-refractivity contribution < 1.29 is 41.0 Å². The average molecular weight is 557 g/mol. The molecule has 1 amide bonds. The summed E-state index contributed by atoms with van der Waals surface area (Å²) in [5.41, 5.74) is -0.891.